The zero-order chi connectivity index (χ0) is 6.57. The third-order valence-corrected chi connectivity index (χ3v) is 0.464. The molecule has 1 N–H and O–H groups in total. The molecule has 0 unspecified atom stereocenters. The summed E-state index contributed by atoms with van der Waals surface area (Å²) in [6.07, 6.45) is 0.104. The molecule has 0 saturated carbocycles. The molecule has 0 heterocycles. The van der Waals surface area contributed by atoms with Crippen LogP contribution in [0.4, 0.5) is 0 Å². The van der Waals surface area contributed by atoms with Crippen molar-refractivity contribution >= 4 is 35.8 Å². The summed E-state index contributed by atoms with van der Waals surface area (Å²) in [6, 6.07) is 0. The number of carbonyl (C=O) groups excluding carboxylic acids is 1. The summed E-state index contributed by atoms with van der Waals surface area (Å²) in [5.74, 6) is 0. The Morgan fingerprint density at radius 3 is 2.11 bits per heavy atom. The molecule has 0 amide bonds. The maximum absolute atomic E-state index is 9.51. The molecule has 0 fully saturated rings. The molecule has 6 heteroatoms. The van der Waals surface area contributed by atoms with Crippen LogP contribution in [0.2, 0.25) is 0 Å². The minimum absolute atomic E-state index is 0. The van der Waals surface area contributed by atoms with E-state index in [1.54, 1.807) is 0 Å². The van der Waals surface area contributed by atoms with E-state index in [1.165, 1.54) is 0 Å². The first-order valence-electron chi connectivity index (χ1n) is 1.66. The van der Waals surface area contributed by atoms with Crippen LogP contribution in [0, 0.1) is 10.1 Å². The normalized spacial score (nSPS) is 9.56. The van der Waals surface area contributed by atoms with Crippen molar-refractivity contribution in [3.63, 3.8) is 0 Å². The maximum atomic E-state index is 9.51. The van der Waals surface area contributed by atoms with E-state index < -0.39 is 10.6 Å². The number of hydrogen-bond acceptors (Lipinski definition) is 4. The Morgan fingerprint density at radius 1 is 1.67 bits per heavy atom. The number of allylic oxidation sites excluding steroid dienone is 1. The van der Waals surface area contributed by atoms with E-state index in [-0.39, 0.29) is 42.1 Å². The van der Waals surface area contributed by atoms with Gasteiger partial charge >= 0.3 is 5.70 Å². The Labute approximate surface area is 72.8 Å². The smallest absolute Gasteiger partial charge is 0.342 e. The summed E-state index contributed by atoms with van der Waals surface area (Å²) < 4.78 is 0. The molecule has 0 atom stereocenters. The van der Waals surface area contributed by atoms with Gasteiger partial charge < -0.3 is 5.11 Å². The van der Waals surface area contributed by atoms with Gasteiger partial charge in [-0.05, 0) is 0 Å². The van der Waals surface area contributed by atoms with Crippen molar-refractivity contribution in [2.75, 3.05) is 0 Å². The Kier molecular flexibility index (Phi) is 7.28. The van der Waals surface area contributed by atoms with E-state index in [9.17, 15) is 14.9 Å². The van der Waals surface area contributed by atoms with Crippen molar-refractivity contribution in [3.8, 4) is 0 Å². The van der Waals surface area contributed by atoms with Gasteiger partial charge in [0.05, 0.1) is 4.92 Å². The number of aliphatic hydroxyl groups is 1. The van der Waals surface area contributed by atoms with Gasteiger partial charge in [-0.25, -0.2) is 0 Å². The number of aliphatic hydroxyl groups excluding tert-OH is 1. The van der Waals surface area contributed by atoms with Crippen molar-refractivity contribution < 1.29 is 14.8 Å². The molecule has 0 rings (SSSR count). The SMILES string of the molecule is O=CC(=CO)[N+](=O)[O-].[Na]. The molecule has 0 saturated heterocycles. The van der Waals surface area contributed by atoms with Gasteiger partial charge in [-0.15, -0.1) is 0 Å². The molecule has 0 aliphatic heterocycles. The molecular formula is C3H3NNaO4. The summed E-state index contributed by atoms with van der Waals surface area (Å²) in [5, 5.41) is 17.4. The van der Waals surface area contributed by atoms with Gasteiger partial charge in [0, 0.05) is 29.6 Å². The van der Waals surface area contributed by atoms with E-state index >= 15 is 0 Å². The first-order valence-corrected chi connectivity index (χ1v) is 1.66. The van der Waals surface area contributed by atoms with Crippen LogP contribution >= 0.6 is 0 Å². The first-order chi connectivity index (χ1) is 3.72. The van der Waals surface area contributed by atoms with Gasteiger partial charge in [0.15, 0.2) is 6.26 Å². The van der Waals surface area contributed by atoms with Crippen molar-refractivity contribution in [3.05, 3.63) is 22.1 Å². The van der Waals surface area contributed by atoms with Gasteiger partial charge in [-0.3, -0.25) is 14.9 Å². The molecule has 0 aliphatic carbocycles. The van der Waals surface area contributed by atoms with E-state index in [2.05, 4.69) is 0 Å². The Hall–Kier alpha value is -0.390. The summed E-state index contributed by atoms with van der Waals surface area (Å²) in [4.78, 5) is 18.0. The fourth-order valence-electron chi connectivity index (χ4n) is 0.121. The van der Waals surface area contributed by atoms with Crippen LogP contribution in [0.15, 0.2) is 12.0 Å². The van der Waals surface area contributed by atoms with Crippen LogP contribution in [0.25, 0.3) is 0 Å². The van der Waals surface area contributed by atoms with E-state index in [1.807, 2.05) is 0 Å². The van der Waals surface area contributed by atoms with Gasteiger partial charge in [-0.1, -0.05) is 0 Å². The summed E-state index contributed by atoms with van der Waals surface area (Å²) in [5.41, 5.74) is -0.843. The van der Waals surface area contributed by atoms with Crippen LogP contribution in [0.1, 0.15) is 0 Å². The second-order valence-electron chi connectivity index (χ2n) is 0.929. The van der Waals surface area contributed by atoms with Gasteiger partial charge in [0.25, 0.3) is 0 Å². The van der Waals surface area contributed by atoms with Gasteiger partial charge in [0.1, 0.15) is 0 Å². The van der Waals surface area contributed by atoms with Crippen LogP contribution in [-0.4, -0.2) is 45.9 Å². The van der Waals surface area contributed by atoms with E-state index in [0.717, 1.165) is 0 Å². The number of nitrogens with zero attached hydrogens (tertiary/aromatic N) is 1. The predicted molar refractivity (Wildman–Crippen MR) is 29.5 cm³/mol. The Balaban J connectivity index is 0. The topological polar surface area (TPSA) is 80.4 Å². The zero-order valence-corrected chi connectivity index (χ0v) is 6.77. The van der Waals surface area contributed by atoms with Crippen LogP contribution < -0.4 is 0 Å². The largest absolute Gasteiger partial charge is 0.509 e. The number of carbonyl (C=O) groups is 1. The van der Waals surface area contributed by atoms with Crippen LogP contribution in [0.3, 0.4) is 0 Å². The maximum Gasteiger partial charge on any atom is 0.342 e. The summed E-state index contributed by atoms with van der Waals surface area (Å²) >= 11 is 0. The van der Waals surface area contributed by atoms with Crippen molar-refractivity contribution in [1.29, 1.82) is 0 Å². The zero-order valence-electron chi connectivity index (χ0n) is 4.77. The van der Waals surface area contributed by atoms with Crippen molar-refractivity contribution in [1.82, 2.24) is 0 Å². The quantitative estimate of drug-likeness (QED) is 0.140. The molecule has 0 aromatic heterocycles. The van der Waals surface area contributed by atoms with Crippen LogP contribution in [-0.2, 0) is 4.79 Å². The minimum atomic E-state index is -0.979. The fraction of sp³-hybridized carbons (Fsp3) is 0. The van der Waals surface area contributed by atoms with E-state index in [0.29, 0.717) is 0 Å². The molecule has 9 heavy (non-hydrogen) atoms. The second-order valence-corrected chi connectivity index (χ2v) is 0.929. The number of aldehydes is 1. The monoisotopic (exact) mass is 140 g/mol. The average molecular weight is 140 g/mol. The van der Waals surface area contributed by atoms with Crippen molar-refractivity contribution in [2.24, 2.45) is 0 Å². The van der Waals surface area contributed by atoms with Crippen molar-refractivity contribution in [2.45, 2.75) is 0 Å². The molecule has 0 bridgehead atoms. The standard InChI is InChI=1S/C3H3NO4.Na/c5-1-3(2-6)4(7)8;/h1-2,5H;. The molecule has 1 radical (unpaired) electrons. The van der Waals surface area contributed by atoms with E-state index in [4.69, 9.17) is 5.11 Å². The molecule has 5 nitrogen and oxygen atoms in total. The molecule has 0 aromatic rings. The predicted octanol–water partition coefficient (Wildman–Crippen LogP) is -0.519. The summed E-state index contributed by atoms with van der Waals surface area (Å²) in [7, 11) is 0. The molecule has 0 aliphatic rings. The fourth-order valence-corrected chi connectivity index (χ4v) is 0.121. The summed E-state index contributed by atoms with van der Waals surface area (Å²) in [6.45, 7) is 0. The molecule has 0 aromatic carbocycles. The first kappa shape index (κ1) is 11.4. The van der Waals surface area contributed by atoms with Gasteiger partial charge in [0.2, 0.25) is 6.29 Å². The van der Waals surface area contributed by atoms with Gasteiger partial charge in [-0.2, -0.15) is 0 Å². The minimum Gasteiger partial charge on any atom is -0.509 e. The average Bonchev–Trinajstić information content (AvgIpc) is 1.69. The Morgan fingerprint density at radius 2 is 2.11 bits per heavy atom. The third kappa shape index (κ3) is 4.14. The third-order valence-electron chi connectivity index (χ3n) is 0.464. The Bertz CT molecular complexity index is 143. The number of nitro groups is 1. The number of hydrogen-bond donors (Lipinski definition) is 1. The second kappa shape index (κ2) is 5.74. The molecular weight excluding hydrogens is 137 g/mol. The van der Waals surface area contributed by atoms with Crippen LogP contribution in [0.5, 0.6) is 0 Å². The molecule has 0 spiro atoms. The molecule has 45 valence electrons. The number of rotatable bonds is 2.